The van der Waals surface area contributed by atoms with Crippen molar-refractivity contribution in [3.63, 3.8) is 0 Å². The highest BCUT2D eigenvalue weighted by Crippen LogP contribution is 2.30. The number of carbonyl (C=O) groups is 1. The van der Waals surface area contributed by atoms with Crippen molar-refractivity contribution < 1.29 is 22.7 Å². The van der Waals surface area contributed by atoms with Gasteiger partial charge in [-0.15, -0.1) is 0 Å². The quantitative estimate of drug-likeness (QED) is 0.502. The van der Waals surface area contributed by atoms with Crippen molar-refractivity contribution in [1.29, 1.82) is 0 Å². The Hall–Kier alpha value is -3.07. The van der Waals surface area contributed by atoms with Gasteiger partial charge in [0.05, 0.1) is 20.8 Å². The summed E-state index contributed by atoms with van der Waals surface area (Å²) in [5.41, 5.74) is 1.25. The number of rotatable bonds is 9. The van der Waals surface area contributed by atoms with E-state index in [2.05, 4.69) is 5.32 Å². The fraction of sp³-hybridized carbons (Fsp3) is 0.174. The van der Waals surface area contributed by atoms with Gasteiger partial charge in [-0.3, -0.25) is 4.79 Å². The average Bonchev–Trinajstić information content (AvgIpc) is 2.79. The number of amides is 1. The predicted molar refractivity (Wildman–Crippen MR) is 124 cm³/mol. The Morgan fingerprint density at radius 2 is 1.66 bits per heavy atom. The van der Waals surface area contributed by atoms with E-state index in [4.69, 9.17) is 21.1 Å². The van der Waals surface area contributed by atoms with Crippen LogP contribution in [0.4, 0.5) is 5.69 Å². The van der Waals surface area contributed by atoms with Crippen LogP contribution in [-0.4, -0.2) is 39.4 Å². The zero-order valence-corrected chi connectivity index (χ0v) is 19.2. The van der Waals surface area contributed by atoms with E-state index < -0.39 is 22.5 Å². The molecule has 3 rings (SSSR count). The van der Waals surface area contributed by atoms with Gasteiger partial charge in [0.15, 0.2) is 0 Å². The third-order valence-electron chi connectivity index (χ3n) is 4.64. The van der Waals surface area contributed by atoms with Crippen molar-refractivity contribution in [1.82, 2.24) is 4.31 Å². The Labute approximate surface area is 192 Å². The van der Waals surface area contributed by atoms with Crippen LogP contribution < -0.4 is 14.8 Å². The summed E-state index contributed by atoms with van der Waals surface area (Å²) < 4.78 is 38.5. The zero-order valence-electron chi connectivity index (χ0n) is 17.6. The van der Waals surface area contributed by atoms with Gasteiger partial charge in [-0.05, 0) is 48.0 Å². The molecule has 32 heavy (non-hydrogen) atoms. The topological polar surface area (TPSA) is 84.9 Å². The molecule has 7 nitrogen and oxygen atoms in total. The molecule has 0 heterocycles. The van der Waals surface area contributed by atoms with Crippen molar-refractivity contribution >= 4 is 33.2 Å². The number of sulfonamides is 1. The number of methoxy groups -OCH3 is 2. The first-order valence-corrected chi connectivity index (χ1v) is 11.5. The van der Waals surface area contributed by atoms with Crippen LogP contribution in [0.3, 0.4) is 0 Å². The summed E-state index contributed by atoms with van der Waals surface area (Å²) in [6.45, 7) is -0.409. The molecule has 9 heteroatoms. The third-order valence-corrected chi connectivity index (χ3v) is 6.69. The van der Waals surface area contributed by atoms with Crippen LogP contribution in [0.1, 0.15) is 5.56 Å². The predicted octanol–water partition coefficient (Wildman–Crippen LogP) is 4.19. The van der Waals surface area contributed by atoms with E-state index in [1.54, 1.807) is 55.6 Å². The van der Waals surface area contributed by atoms with Crippen LogP contribution in [0.25, 0.3) is 0 Å². The van der Waals surface area contributed by atoms with Crippen LogP contribution in [0.5, 0.6) is 11.5 Å². The molecule has 0 saturated heterocycles. The number of carbonyl (C=O) groups excluding carboxylic acids is 1. The molecule has 0 radical (unpaired) electrons. The summed E-state index contributed by atoms with van der Waals surface area (Å²) in [4.78, 5) is 12.7. The first kappa shape index (κ1) is 23.6. The lowest BCUT2D eigenvalue weighted by atomic mass is 10.2. The second-order valence-corrected chi connectivity index (χ2v) is 9.17. The van der Waals surface area contributed by atoms with E-state index in [-0.39, 0.29) is 22.2 Å². The highest BCUT2D eigenvalue weighted by Gasteiger charge is 2.30. The van der Waals surface area contributed by atoms with Gasteiger partial charge in [-0.2, -0.15) is 4.31 Å². The molecule has 0 aliphatic heterocycles. The standard InChI is InChI=1S/C23H23ClN2O5S/c1-30-20-11-9-19(10-12-20)25-23(27)16-26(15-17-6-4-3-5-7-17)32(28,29)22-14-18(24)8-13-21(22)31-2/h3-14H,15-16H2,1-2H3,(H,25,27). The molecule has 0 spiro atoms. The maximum Gasteiger partial charge on any atom is 0.247 e. The Bertz CT molecular complexity index is 1170. The number of benzene rings is 3. The smallest absolute Gasteiger partial charge is 0.247 e. The van der Waals surface area contributed by atoms with Crippen molar-refractivity contribution in [2.75, 3.05) is 26.1 Å². The second kappa shape index (κ2) is 10.5. The van der Waals surface area contributed by atoms with Crippen molar-refractivity contribution in [2.45, 2.75) is 11.4 Å². The SMILES string of the molecule is COc1ccc(NC(=O)CN(Cc2ccccc2)S(=O)(=O)c2cc(Cl)ccc2OC)cc1. The number of halogens is 1. The summed E-state index contributed by atoms with van der Waals surface area (Å²) in [6.07, 6.45) is 0. The van der Waals surface area contributed by atoms with Gasteiger partial charge >= 0.3 is 0 Å². The number of hydrogen-bond donors (Lipinski definition) is 1. The fourth-order valence-corrected chi connectivity index (χ4v) is 4.84. The van der Waals surface area contributed by atoms with Gasteiger partial charge in [-0.1, -0.05) is 41.9 Å². The summed E-state index contributed by atoms with van der Waals surface area (Å²) >= 11 is 6.05. The molecule has 0 bridgehead atoms. The van der Waals surface area contributed by atoms with Gasteiger partial charge in [0, 0.05) is 17.3 Å². The maximum absolute atomic E-state index is 13.5. The first-order chi connectivity index (χ1) is 15.3. The van der Waals surface area contributed by atoms with Crippen LogP contribution in [0, 0.1) is 0 Å². The van der Waals surface area contributed by atoms with E-state index in [0.717, 1.165) is 9.87 Å². The van der Waals surface area contributed by atoms with Gasteiger partial charge in [-0.25, -0.2) is 8.42 Å². The lowest BCUT2D eigenvalue weighted by Crippen LogP contribution is -2.37. The number of hydrogen-bond acceptors (Lipinski definition) is 5. The minimum absolute atomic E-state index is 0.00509. The Balaban J connectivity index is 1.91. The summed E-state index contributed by atoms with van der Waals surface area (Å²) in [7, 11) is -1.20. The lowest BCUT2D eigenvalue weighted by molar-refractivity contribution is -0.116. The summed E-state index contributed by atoms with van der Waals surface area (Å²) in [5.74, 6) is 0.294. The number of ether oxygens (including phenoxy) is 2. The van der Waals surface area contributed by atoms with Gasteiger partial charge in [0.2, 0.25) is 15.9 Å². The average molecular weight is 475 g/mol. The van der Waals surface area contributed by atoms with Gasteiger partial charge < -0.3 is 14.8 Å². The zero-order chi connectivity index (χ0) is 23.1. The van der Waals surface area contributed by atoms with Crippen LogP contribution in [0.15, 0.2) is 77.7 Å². The van der Waals surface area contributed by atoms with Gasteiger partial charge in [0.25, 0.3) is 0 Å². The molecule has 0 atom stereocenters. The highest BCUT2D eigenvalue weighted by molar-refractivity contribution is 7.89. The summed E-state index contributed by atoms with van der Waals surface area (Å²) in [5, 5.41) is 2.96. The largest absolute Gasteiger partial charge is 0.497 e. The Kier molecular flexibility index (Phi) is 7.74. The Morgan fingerprint density at radius 3 is 2.28 bits per heavy atom. The summed E-state index contributed by atoms with van der Waals surface area (Å²) in [6, 6.07) is 20.1. The molecular formula is C23H23ClN2O5S. The van der Waals surface area contributed by atoms with Crippen molar-refractivity contribution in [3.05, 3.63) is 83.4 Å². The number of anilines is 1. The van der Waals surface area contributed by atoms with Crippen molar-refractivity contribution in [2.24, 2.45) is 0 Å². The molecule has 0 aliphatic rings. The Morgan fingerprint density at radius 1 is 0.969 bits per heavy atom. The second-order valence-electron chi connectivity index (χ2n) is 6.83. The molecule has 1 amide bonds. The molecule has 168 valence electrons. The van der Waals surface area contributed by atoms with E-state index in [9.17, 15) is 13.2 Å². The van der Waals surface area contributed by atoms with Crippen LogP contribution in [0.2, 0.25) is 5.02 Å². The van der Waals surface area contributed by atoms with E-state index >= 15 is 0 Å². The lowest BCUT2D eigenvalue weighted by Gasteiger charge is -2.23. The minimum Gasteiger partial charge on any atom is -0.497 e. The number of nitrogens with one attached hydrogen (secondary N) is 1. The molecule has 1 N–H and O–H groups in total. The van der Waals surface area contributed by atoms with Crippen LogP contribution >= 0.6 is 11.6 Å². The van der Waals surface area contributed by atoms with Crippen LogP contribution in [-0.2, 0) is 21.4 Å². The highest BCUT2D eigenvalue weighted by atomic mass is 35.5. The monoisotopic (exact) mass is 474 g/mol. The molecule has 0 aliphatic carbocycles. The maximum atomic E-state index is 13.5. The van der Waals surface area contributed by atoms with E-state index in [1.807, 2.05) is 6.07 Å². The fourth-order valence-electron chi connectivity index (χ4n) is 3.04. The molecule has 0 aromatic heterocycles. The number of nitrogens with zero attached hydrogens (tertiary/aromatic N) is 1. The molecule has 0 fully saturated rings. The molecule has 3 aromatic rings. The normalized spacial score (nSPS) is 11.2. The van der Waals surface area contributed by atoms with Crippen molar-refractivity contribution in [3.8, 4) is 11.5 Å². The van der Waals surface area contributed by atoms with Gasteiger partial charge in [0.1, 0.15) is 16.4 Å². The minimum atomic E-state index is -4.12. The third kappa shape index (κ3) is 5.79. The molecule has 3 aromatic carbocycles. The first-order valence-electron chi connectivity index (χ1n) is 9.65. The molecule has 0 saturated carbocycles. The van der Waals surface area contributed by atoms with E-state index in [1.165, 1.54) is 25.3 Å². The van der Waals surface area contributed by atoms with E-state index in [0.29, 0.717) is 11.4 Å². The molecular weight excluding hydrogens is 452 g/mol. The molecule has 0 unspecified atom stereocenters.